The highest BCUT2D eigenvalue weighted by molar-refractivity contribution is 9.10. The summed E-state index contributed by atoms with van der Waals surface area (Å²) < 4.78 is 1.51. The van der Waals surface area contributed by atoms with Crippen molar-refractivity contribution < 1.29 is 4.92 Å². The van der Waals surface area contributed by atoms with Crippen molar-refractivity contribution in [1.29, 1.82) is 0 Å². The van der Waals surface area contributed by atoms with Crippen LogP contribution in [0.3, 0.4) is 0 Å². The zero-order chi connectivity index (χ0) is 12.4. The van der Waals surface area contributed by atoms with Crippen LogP contribution >= 0.6 is 39.0 Å². The van der Waals surface area contributed by atoms with Gasteiger partial charge in [0.25, 0.3) is 5.69 Å². The fourth-order valence-electron chi connectivity index (χ4n) is 1.19. The van der Waals surface area contributed by atoms with E-state index in [0.717, 1.165) is 10.0 Å². The van der Waals surface area contributed by atoms with Crippen LogP contribution in [0.15, 0.2) is 37.3 Å². The van der Waals surface area contributed by atoms with Crippen molar-refractivity contribution in [2.75, 3.05) is 0 Å². The van der Waals surface area contributed by atoms with Crippen molar-refractivity contribution >= 4 is 44.7 Å². The van der Waals surface area contributed by atoms with Crippen LogP contribution in [0.5, 0.6) is 0 Å². The molecule has 4 nitrogen and oxygen atoms in total. The molecule has 1 aromatic heterocycles. The van der Waals surface area contributed by atoms with Gasteiger partial charge in [-0.3, -0.25) is 10.1 Å². The number of nitro groups is 1. The van der Waals surface area contributed by atoms with Crippen LogP contribution in [0.4, 0.5) is 5.69 Å². The van der Waals surface area contributed by atoms with Gasteiger partial charge in [0.15, 0.2) is 4.34 Å². The summed E-state index contributed by atoms with van der Waals surface area (Å²) in [5.41, 5.74) is 1.02. The molecule has 0 amide bonds. The second-order valence-corrected chi connectivity index (χ2v) is 6.29. The average molecular weight is 331 g/mol. The molecule has 0 fully saturated rings. The second kappa shape index (κ2) is 5.16. The first-order valence-corrected chi connectivity index (χ1v) is 7.09. The third kappa shape index (κ3) is 3.05. The van der Waals surface area contributed by atoms with Crippen molar-refractivity contribution in [3.8, 4) is 0 Å². The Kier molecular flexibility index (Phi) is 3.80. The molecule has 0 N–H and O–H groups in total. The van der Waals surface area contributed by atoms with Gasteiger partial charge in [-0.2, -0.15) is 0 Å². The summed E-state index contributed by atoms with van der Waals surface area (Å²) in [5.74, 6) is 0. The van der Waals surface area contributed by atoms with E-state index in [-0.39, 0.29) is 10.6 Å². The Hall–Kier alpha value is -0.920. The molecule has 2 rings (SSSR count). The molecule has 0 atom stereocenters. The second-order valence-electron chi connectivity index (χ2n) is 3.23. The van der Waals surface area contributed by atoms with Crippen molar-refractivity contribution in [3.05, 3.63) is 43.9 Å². The van der Waals surface area contributed by atoms with Gasteiger partial charge in [0.1, 0.15) is 0 Å². The highest BCUT2D eigenvalue weighted by atomic mass is 79.9. The maximum Gasteiger partial charge on any atom is 0.284 e. The fourth-order valence-corrected chi connectivity index (χ4v) is 3.42. The predicted molar refractivity (Wildman–Crippen MR) is 71.8 cm³/mol. The minimum Gasteiger partial charge on any atom is -0.258 e. The summed E-state index contributed by atoms with van der Waals surface area (Å²) in [6.45, 7) is 1.90. The van der Waals surface area contributed by atoms with Gasteiger partial charge < -0.3 is 0 Å². The van der Waals surface area contributed by atoms with E-state index < -0.39 is 0 Å². The minimum absolute atomic E-state index is 0.0947. The molecule has 17 heavy (non-hydrogen) atoms. The molecule has 0 aliphatic rings. The molecule has 1 aromatic carbocycles. The number of halogens is 1. The lowest BCUT2D eigenvalue weighted by Gasteiger charge is -2.00. The molecule has 2 aromatic rings. The normalized spacial score (nSPS) is 10.5. The third-order valence-electron chi connectivity index (χ3n) is 1.91. The quantitative estimate of drug-likeness (QED) is 0.622. The lowest BCUT2D eigenvalue weighted by molar-refractivity contribution is -0.387. The molecule has 7 heteroatoms. The maximum absolute atomic E-state index is 10.9. The third-order valence-corrected chi connectivity index (χ3v) is 4.53. The van der Waals surface area contributed by atoms with Gasteiger partial charge in [-0.25, -0.2) is 4.98 Å². The van der Waals surface area contributed by atoms with Crippen LogP contribution in [0.25, 0.3) is 0 Å². The molecule has 0 saturated carbocycles. The van der Waals surface area contributed by atoms with Crippen LogP contribution in [0.1, 0.15) is 5.69 Å². The standard InChI is InChI=1S/C10H7BrN2O2S2/c1-6-5-16-10(12-6)17-9-3-2-7(11)4-8(9)13(14)15/h2-5H,1H3. The first-order chi connectivity index (χ1) is 8.06. The Morgan fingerprint density at radius 2 is 2.29 bits per heavy atom. The fraction of sp³-hybridized carbons (Fsp3) is 0.100. The Labute approximate surface area is 114 Å². The number of nitro benzene ring substituents is 1. The lowest BCUT2D eigenvalue weighted by atomic mass is 10.3. The zero-order valence-corrected chi connectivity index (χ0v) is 11.9. The highest BCUT2D eigenvalue weighted by Crippen LogP contribution is 2.37. The molecule has 0 radical (unpaired) electrons. The van der Waals surface area contributed by atoms with Crippen LogP contribution in [0.2, 0.25) is 0 Å². The van der Waals surface area contributed by atoms with E-state index in [0.29, 0.717) is 9.37 Å². The van der Waals surface area contributed by atoms with E-state index in [9.17, 15) is 10.1 Å². The van der Waals surface area contributed by atoms with Gasteiger partial charge in [-0.05, 0) is 19.1 Å². The zero-order valence-electron chi connectivity index (χ0n) is 8.71. The molecule has 0 aliphatic heterocycles. The number of hydrogen-bond donors (Lipinski definition) is 0. The van der Waals surface area contributed by atoms with E-state index >= 15 is 0 Å². The minimum atomic E-state index is -0.381. The number of aromatic nitrogens is 1. The number of benzene rings is 1. The van der Waals surface area contributed by atoms with Crippen molar-refractivity contribution in [2.24, 2.45) is 0 Å². The smallest absolute Gasteiger partial charge is 0.258 e. The largest absolute Gasteiger partial charge is 0.284 e. The van der Waals surface area contributed by atoms with Gasteiger partial charge in [-0.15, -0.1) is 11.3 Å². The SMILES string of the molecule is Cc1csc(Sc2ccc(Br)cc2[N+](=O)[O-])n1. The molecule has 0 aliphatic carbocycles. The summed E-state index contributed by atoms with van der Waals surface area (Å²) in [6.07, 6.45) is 0. The topological polar surface area (TPSA) is 56.0 Å². The van der Waals surface area contributed by atoms with Gasteiger partial charge >= 0.3 is 0 Å². The summed E-state index contributed by atoms with van der Waals surface area (Å²) in [6, 6.07) is 5.02. The van der Waals surface area contributed by atoms with E-state index in [1.54, 1.807) is 12.1 Å². The molecular weight excluding hydrogens is 324 g/mol. The monoisotopic (exact) mass is 330 g/mol. The van der Waals surface area contributed by atoms with Crippen LogP contribution < -0.4 is 0 Å². The van der Waals surface area contributed by atoms with E-state index in [4.69, 9.17) is 0 Å². The predicted octanol–water partition coefficient (Wildman–Crippen LogP) is 4.27. The molecule has 88 valence electrons. The van der Waals surface area contributed by atoms with E-state index in [2.05, 4.69) is 20.9 Å². The average Bonchev–Trinajstić information content (AvgIpc) is 2.66. The van der Waals surface area contributed by atoms with E-state index in [1.165, 1.54) is 29.2 Å². The summed E-state index contributed by atoms with van der Waals surface area (Å²) in [4.78, 5) is 15.4. The molecule has 0 unspecified atom stereocenters. The van der Waals surface area contributed by atoms with Gasteiger partial charge in [0.2, 0.25) is 0 Å². The molecule has 1 heterocycles. The Morgan fingerprint density at radius 1 is 1.53 bits per heavy atom. The van der Waals surface area contributed by atoms with Crippen molar-refractivity contribution in [3.63, 3.8) is 0 Å². The summed E-state index contributed by atoms with van der Waals surface area (Å²) in [5, 5.41) is 12.8. The first-order valence-electron chi connectivity index (χ1n) is 4.60. The molecule has 0 bridgehead atoms. The van der Waals surface area contributed by atoms with Gasteiger partial charge in [0.05, 0.1) is 9.82 Å². The summed E-state index contributed by atoms with van der Waals surface area (Å²) >= 11 is 6.03. The van der Waals surface area contributed by atoms with Crippen LogP contribution in [-0.2, 0) is 0 Å². The van der Waals surface area contributed by atoms with Crippen molar-refractivity contribution in [2.45, 2.75) is 16.2 Å². The number of rotatable bonds is 3. The molecule has 0 saturated heterocycles. The Bertz CT molecular complexity index is 571. The lowest BCUT2D eigenvalue weighted by Crippen LogP contribution is -1.90. The van der Waals surface area contributed by atoms with E-state index in [1.807, 2.05) is 12.3 Å². The van der Waals surface area contributed by atoms with Crippen LogP contribution in [-0.4, -0.2) is 9.91 Å². The maximum atomic E-state index is 10.9. The first kappa shape index (κ1) is 12.5. The molecular formula is C10H7BrN2O2S2. The molecule has 0 spiro atoms. The van der Waals surface area contributed by atoms with Crippen LogP contribution in [0, 0.1) is 17.0 Å². The van der Waals surface area contributed by atoms with Gasteiger partial charge in [-0.1, -0.05) is 27.7 Å². The number of hydrogen-bond acceptors (Lipinski definition) is 5. The van der Waals surface area contributed by atoms with Crippen molar-refractivity contribution in [1.82, 2.24) is 4.98 Å². The Balaban J connectivity index is 2.35. The number of thiazole rings is 1. The van der Waals surface area contributed by atoms with Gasteiger partial charge in [0, 0.05) is 21.6 Å². The Morgan fingerprint density at radius 3 is 2.88 bits per heavy atom. The number of aryl methyl sites for hydroxylation is 1. The number of nitrogens with zero attached hydrogens (tertiary/aromatic N) is 2. The summed E-state index contributed by atoms with van der Waals surface area (Å²) in [7, 11) is 0. The highest BCUT2D eigenvalue weighted by Gasteiger charge is 2.16.